The van der Waals surface area contributed by atoms with E-state index in [4.69, 9.17) is 5.26 Å². The van der Waals surface area contributed by atoms with Gasteiger partial charge in [-0.05, 0) is 12.1 Å². The first-order chi connectivity index (χ1) is 7.53. The maximum atomic E-state index is 13.2. The number of benzene rings is 1. The Bertz CT molecular complexity index is 525. The molecule has 0 heterocycles. The van der Waals surface area contributed by atoms with Crippen LogP contribution in [-0.2, 0) is 10.0 Å². The van der Waals surface area contributed by atoms with Crippen LogP contribution in [0.25, 0.3) is 0 Å². The minimum atomic E-state index is -3.83. The molecule has 0 saturated heterocycles. The van der Waals surface area contributed by atoms with Gasteiger partial charge in [-0.2, -0.15) is 5.26 Å². The van der Waals surface area contributed by atoms with Crippen molar-refractivity contribution in [3.05, 3.63) is 29.6 Å². The third kappa shape index (κ3) is 2.78. The number of sulfonamides is 1. The summed E-state index contributed by atoms with van der Waals surface area (Å²) >= 11 is 3.06. The third-order valence-corrected chi connectivity index (χ3v) is 3.66. The van der Waals surface area contributed by atoms with Crippen LogP contribution in [0.1, 0.15) is 5.56 Å². The van der Waals surface area contributed by atoms with Crippen molar-refractivity contribution in [1.29, 1.82) is 5.26 Å². The molecule has 0 spiro atoms. The van der Waals surface area contributed by atoms with Crippen molar-refractivity contribution in [1.82, 2.24) is 4.72 Å². The van der Waals surface area contributed by atoms with Gasteiger partial charge in [0.05, 0.1) is 0 Å². The summed E-state index contributed by atoms with van der Waals surface area (Å²) < 4.78 is 38.8. The molecule has 0 amide bonds. The predicted molar refractivity (Wildman–Crippen MR) is 60.1 cm³/mol. The Kier molecular flexibility index (Phi) is 4.41. The summed E-state index contributed by atoms with van der Waals surface area (Å²) in [6.45, 7) is 0.170. The maximum Gasteiger partial charge on any atom is 0.242 e. The summed E-state index contributed by atoms with van der Waals surface area (Å²) in [6.07, 6.45) is 0. The average Bonchev–Trinajstić information content (AvgIpc) is 2.26. The molecule has 0 aliphatic rings. The van der Waals surface area contributed by atoms with Crippen LogP contribution in [0.4, 0.5) is 4.39 Å². The number of hydrogen-bond acceptors (Lipinski definition) is 3. The standard InChI is InChI=1S/C9H8BrFN2O2S/c10-4-5-13-16(14,15)9-3-1-2-8(11)7(9)6-12/h1-3,13H,4-5H2. The predicted octanol–water partition coefficient (Wildman–Crippen LogP) is 1.37. The molecule has 1 rings (SSSR count). The minimum Gasteiger partial charge on any atom is -0.210 e. The molecule has 4 nitrogen and oxygen atoms in total. The number of alkyl halides is 1. The summed E-state index contributed by atoms with van der Waals surface area (Å²) in [4.78, 5) is -0.337. The Morgan fingerprint density at radius 3 is 2.75 bits per heavy atom. The molecule has 86 valence electrons. The first-order valence-electron chi connectivity index (χ1n) is 4.27. The van der Waals surface area contributed by atoms with Crippen LogP contribution in [0.5, 0.6) is 0 Å². The van der Waals surface area contributed by atoms with E-state index in [1.165, 1.54) is 12.1 Å². The fraction of sp³-hybridized carbons (Fsp3) is 0.222. The lowest BCUT2D eigenvalue weighted by Crippen LogP contribution is -2.26. The average molecular weight is 307 g/mol. The zero-order valence-electron chi connectivity index (χ0n) is 8.07. The molecule has 7 heteroatoms. The summed E-state index contributed by atoms with van der Waals surface area (Å²) in [5.74, 6) is -0.843. The third-order valence-electron chi connectivity index (χ3n) is 1.76. The Labute approximate surface area is 101 Å². The smallest absolute Gasteiger partial charge is 0.210 e. The fourth-order valence-electron chi connectivity index (χ4n) is 1.09. The van der Waals surface area contributed by atoms with E-state index in [0.717, 1.165) is 6.07 Å². The first-order valence-corrected chi connectivity index (χ1v) is 6.87. The SMILES string of the molecule is N#Cc1c(F)cccc1S(=O)(=O)NCCBr. The van der Waals surface area contributed by atoms with E-state index in [2.05, 4.69) is 20.7 Å². The number of hydrogen-bond donors (Lipinski definition) is 1. The van der Waals surface area contributed by atoms with E-state index in [1.54, 1.807) is 6.07 Å². The maximum absolute atomic E-state index is 13.2. The zero-order valence-corrected chi connectivity index (χ0v) is 10.5. The highest BCUT2D eigenvalue weighted by Gasteiger charge is 2.20. The van der Waals surface area contributed by atoms with Crippen molar-refractivity contribution in [2.45, 2.75) is 4.90 Å². The van der Waals surface area contributed by atoms with Gasteiger partial charge in [-0.1, -0.05) is 22.0 Å². The van der Waals surface area contributed by atoms with Crippen molar-refractivity contribution in [2.24, 2.45) is 0 Å². The Morgan fingerprint density at radius 2 is 2.19 bits per heavy atom. The normalized spacial score (nSPS) is 11.1. The summed E-state index contributed by atoms with van der Waals surface area (Å²) in [5.41, 5.74) is -0.468. The molecule has 0 radical (unpaired) electrons. The Morgan fingerprint density at radius 1 is 1.50 bits per heavy atom. The van der Waals surface area contributed by atoms with Gasteiger partial charge < -0.3 is 0 Å². The van der Waals surface area contributed by atoms with Gasteiger partial charge in [-0.25, -0.2) is 17.5 Å². The van der Waals surface area contributed by atoms with Crippen LogP contribution in [0.3, 0.4) is 0 Å². The molecular weight excluding hydrogens is 299 g/mol. The molecule has 0 aliphatic carbocycles. The van der Waals surface area contributed by atoms with E-state index < -0.39 is 21.4 Å². The van der Waals surface area contributed by atoms with E-state index in [1.807, 2.05) is 0 Å². The topological polar surface area (TPSA) is 70.0 Å². The summed E-state index contributed by atoms with van der Waals surface area (Å²) in [7, 11) is -3.83. The van der Waals surface area contributed by atoms with E-state index in [0.29, 0.717) is 5.33 Å². The number of halogens is 2. The lowest BCUT2D eigenvalue weighted by atomic mass is 10.2. The highest BCUT2D eigenvalue weighted by molar-refractivity contribution is 9.09. The molecule has 1 aromatic carbocycles. The second-order valence-corrected chi connectivity index (χ2v) is 5.34. The highest BCUT2D eigenvalue weighted by Crippen LogP contribution is 2.17. The van der Waals surface area contributed by atoms with Crippen molar-refractivity contribution < 1.29 is 12.8 Å². The number of rotatable bonds is 4. The Balaban J connectivity index is 3.24. The van der Waals surface area contributed by atoms with Gasteiger partial charge in [0.1, 0.15) is 22.3 Å². The van der Waals surface area contributed by atoms with E-state index >= 15 is 0 Å². The largest absolute Gasteiger partial charge is 0.242 e. The summed E-state index contributed by atoms with van der Waals surface area (Å²) in [6, 6.07) is 5.03. The van der Waals surface area contributed by atoms with Gasteiger partial charge in [-0.3, -0.25) is 0 Å². The van der Waals surface area contributed by atoms with Crippen LogP contribution >= 0.6 is 15.9 Å². The molecule has 0 saturated carbocycles. The van der Waals surface area contributed by atoms with Crippen LogP contribution in [0.15, 0.2) is 23.1 Å². The van der Waals surface area contributed by atoms with Crippen LogP contribution in [-0.4, -0.2) is 20.3 Å². The number of nitrogens with one attached hydrogen (secondary N) is 1. The van der Waals surface area contributed by atoms with Gasteiger partial charge >= 0.3 is 0 Å². The lowest BCUT2D eigenvalue weighted by Gasteiger charge is -2.06. The lowest BCUT2D eigenvalue weighted by molar-refractivity contribution is 0.579. The van der Waals surface area contributed by atoms with E-state index in [9.17, 15) is 12.8 Å². The van der Waals surface area contributed by atoms with Crippen molar-refractivity contribution in [2.75, 3.05) is 11.9 Å². The monoisotopic (exact) mass is 306 g/mol. The molecule has 1 aromatic rings. The second kappa shape index (κ2) is 5.39. The molecule has 0 aromatic heterocycles. The number of nitriles is 1. The molecular formula is C9H8BrFN2O2S. The molecule has 0 fully saturated rings. The van der Waals surface area contributed by atoms with Crippen LogP contribution in [0, 0.1) is 17.1 Å². The van der Waals surface area contributed by atoms with Crippen LogP contribution < -0.4 is 4.72 Å². The molecule has 1 N–H and O–H groups in total. The molecule has 0 aliphatic heterocycles. The zero-order chi connectivity index (χ0) is 12.2. The summed E-state index contributed by atoms with van der Waals surface area (Å²) in [5, 5.41) is 9.13. The molecule has 0 bridgehead atoms. The van der Waals surface area contributed by atoms with E-state index in [-0.39, 0.29) is 11.4 Å². The van der Waals surface area contributed by atoms with Gasteiger partial charge in [-0.15, -0.1) is 0 Å². The fourth-order valence-corrected chi connectivity index (χ4v) is 2.74. The van der Waals surface area contributed by atoms with Gasteiger partial charge in [0, 0.05) is 11.9 Å². The minimum absolute atomic E-state index is 0.170. The van der Waals surface area contributed by atoms with Crippen molar-refractivity contribution >= 4 is 26.0 Å². The van der Waals surface area contributed by atoms with Crippen molar-refractivity contribution in [3.63, 3.8) is 0 Å². The Hall–Kier alpha value is -0.970. The highest BCUT2D eigenvalue weighted by atomic mass is 79.9. The second-order valence-electron chi connectivity index (χ2n) is 2.81. The van der Waals surface area contributed by atoms with Gasteiger partial charge in [0.2, 0.25) is 10.0 Å². The van der Waals surface area contributed by atoms with Gasteiger partial charge in [0.25, 0.3) is 0 Å². The number of nitrogens with zero attached hydrogens (tertiary/aromatic N) is 1. The molecule has 16 heavy (non-hydrogen) atoms. The first kappa shape index (κ1) is 13.1. The quantitative estimate of drug-likeness (QED) is 0.854. The van der Waals surface area contributed by atoms with Gasteiger partial charge in [0.15, 0.2) is 0 Å². The molecule has 0 unspecified atom stereocenters. The van der Waals surface area contributed by atoms with Crippen molar-refractivity contribution in [3.8, 4) is 6.07 Å². The van der Waals surface area contributed by atoms with Crippen LogP contribution in [0.2, 0.25) is 0 Å². The molecule has 0 atom stereocenters.